The fourth-order valence-electron chi connectivity index (χ4n) is 1.78. The van der Waals surface area contributed by atoms with Gasteiger partial charge in [0, 0.05) is 18.8 Å². The third-order valence-corrected chi connectivity index (χ3v) is 3.82. The van der Waals surface area contributed by atoms with Crippen LogP contribution in [0.25, 0.3) is 0 Å². The van der Waals surface area contributed by atoms with Crippen molar-refractivity contribution in [3.63, 3.8) is 0 Å². The summed E-state index contributed by atoms with van der Waals surface area (Å²) in [6, 6.07) is 0. The van der Waals surface area contributed by atoms with Crippen LogP contribution in [-0.2, 0) is 0 Å². The molecule has 0 aromatic rings. The van der Waals surface area contributed by atoms with Crippen molar-refractivity contribution < 1.29 is 15.3 Å². The van der Waals surface area contributed by atoms with Crippen molar-refractivity contribution in [1.82, 2.24) is 4.90 Å². The molecule has 2 aliphatic rings. The van der Waals surface area contributed by atoms with E-state index in [9.17, 15) is 15.3 Å². The number of rotatable bonds is 0. The van der Waals surface area contributed by atoms with Gasteiger partial charge in [-0.2, -0.15) is 0 Å². The molecule has 0 aromatic heterocycles. The van der Waals surface area contributed by atoms with E-state index in [0.29, 0.717) is 6.54 Å². The highest BCUT2D eigenvalue weighted by atomic mass is 32.2. The minimum atomic E-state index is -0.975. The first-order valence-corrected chi connectivity index (χ1v) is 5.15. The second kappa shape index (κ2) is 3.16. The summed E-state index contributed by atoms with van der Waals surface area (Å²) in [5.74, 6) is 0.973. The number of aliphatic hydroxyl groups is 3. The summed E-state index contributed by atoms with van der Waals surface area (Å²) in [6.45, 7) is 1.38. The molecule has 2 heterocycles. The average Bonchev–Trinajstić information content (AvgIpc) is 2.48. The number of aliphatic hydroxyl groups excluding tert-OH is 3. The maximum absolute atomic E-state index is 9.55. The van der Waals surface area contributed by atoms with E-state index in [1.165, 1.54) is 0 Å². The van der Waals surface area contributed by atoms with E-state index < -0.39 is 18.3 Å². The molecular weight excluding hydrogens is 178 g/mol. The van der Waals surface area contributed by atoms with Gasteiger partial charge in [0.2, 0.25) is 0 Å². The number of nitrogens with zero attached hydrogens (tertiary/aromatic N) is 1. The second-order valence-corrected chi connectivity index (χ2v) is 4.53. The van der Waals surface area contributed by atoms with E-state index in [4.69, 9.17) is 0 Å². The van der Waals surface area contributed by atoms with Gasteiger partial charge in [0.1, 0.15) is 12.2 Å². The Morgan fingerprint density at radius 3 is 2.67 bits per heavy atom. The molecule has 2 fully saturated rings. The van der Waals surface area contributed by atoms with E-state index in [-0.39, 0.29) is 5.37 Å². The van der Waals surface area contributed by atoms with Gasteiger partial charge in [-0.3, -0.25) is 4.90 Å². The van der Waals surface area contributed by atoms with Crippen LogP contribution in [0.4, 0.5) is 0 Å². The maximum Gasteiger partial charge on any atom is 0.109 e. The summed E-state index contributed by atoms with van der Waals surface area (Å²) in [5.41, 5.74) is 0. The molecule has 0 aliphatic carbocycles. The number of piperidine rings is 1. The molecule has 0 saturated carbocycles. The van der Waals surface area contributed by atoms with E-state index in [1.807, 2.05) is 4.90 Å². The lowest BCUT2D eigenvalue weighted by molar-refractivity contribution is -0.114. The predicted octanol–water partition coefficient (Wildman–Crippen LogP) is -1.54. The Balaban J connectivity index is 2.10. The largest absolute Gasteiger partial charge is 0.389 e. The zero-order valence-corrected chi connectivity index (χ0v) is 7.44. The zero-order chi connectivity index (χ0) is 8.72. The molecule has 0 bridgehead atoms. The molecule has 4 nitrogen and oxygen atoms in total. The van der Waals surface area contributed by atoms with Crippen LogP contribution >= 0.6 is 11.8 Å². The van der Waals surface area contributed by atoms with Crippen LogP contribution in [-0.4, -0.2) is 62.7 Å². The molecular formula is C7H13NO3S. The van der Waals surface area contributed by atoms with Gasteiger partial charge in [-0.1, -0.05) is 0 Å². The molecule has 2 aliphatic heterocycles. The van der Waals surface area contributed by atoms with Crippen LogP contribution in [0.2, 0.25) is 0 Å². The smallest absolute Gasteiger partial charge is 0.109 e. The Bertz CT molecular complexity index is 180. The van der Waals surface area contributed by atoms with Crippen molar-refractivity contribution in [1.29, 1.82) is 0 Å². The van der Waals surface area contributed by atoms with Crippen LogP contribution < -0.4 is 0 Å². The molecule has 0 aromatic carbocycles. The fraction of sp³-hybridized carbons (Fsp3) is 1.00. The van der Waals surface area contributed by atoms with Gasteiger partial charge in [0.15, 0.2) is 0 Å². The molecule has 0 unspecified atom stereocenters. The monoisotopic (exact) mass is 191 g/mol. The molecule has 2 saturated heterocycles. The molecule has 4 atom stereocenters. The molecule has 0 spiro atoms. The number of hydrogen-bond donors (Lipinski definition) is 3. The zero-order valence-electron chi connectivity index (χ0n) is 6.63. The van der Waals surface area contributed by atoms with Gasteiger partial charge in [-0.05, 0) is 0 Å². The molecule has 12 heavy (non-hydrogen) atoms. The molecule has 2 rings (SSSR count). The van der Waals surface area contributed by atoms with Crippen molar-refractivity contribution in [2.45, 2.75) is 23.7 Å². The first-order chi connectivity index (χ1) is 5.70. The van der Waals surface area contributed by atoms with Crippen molar-refractivity contribution in [3.05, 3.63) is 0 Å². The first-order valence-electron chi connectivity index (χ1n) is 4.10. The highest BCUT2D eigenvalue weighted by Crippen LogP contribution is 2.32. The quantitative estimate of drug-likeness (QED) is 0.433. The third kappa shape index (κ3) is 1.25. The highest BCUT2D eigenvalue weighted by molar-refractivity contribution is 8.00. The minimum absolute atomic E-state index is 0.0107. The number of hydrogen-bond acceptors (Lipinski definition) is 5. The molecule has 3 N–H and O–H groups in total. The maximum atomic E-state index is 9.55. The third-order valence-electron chi connectivity index (χ3n) is 2.48. The first kappa shape index (κ1) is 8.77. The fourth-order valence-corrected chi connectivity index (χ4v) is 3.12. The van der Waals surface area contributed by atoms with Gasteiger partial charge in [-0.15, -0.1) is 11.8 Å². The van der Waals surface area contributed by atoms with Crippen LogP contribution in [0.15, 0.2) is 0 Å². The number of fused-ring (bicyclic) bond motifs is 1. The van der Waals surface area contributed by atoms with E-state index in [0.717, 1.165) is 12.3 Å². The van der Waals surface area contributed by atoms with Gasteiger partial charge in [0.05, 0.1) is 11.5 Å². The van der Waals surface area contributed by atoms with Gasteiger partial charge in [0.25, 0.3) is 0 Å². The van der Waals surface area contributed by atoms with Crippen molar-refractivity contribution in [2.75, 3.05) is 18.8 Å². The summed E-state index contributed by atoms with van der Waals surface area (Å²) < 4.78 is 0. The van der Waals surface area contributed by atoms with Crippen LogP contribution in [0, 0.1) is 0 Å². The van der Waals surface area contributed by atoms with Crippen molar-refractivity contribution in [3.8, 4) is 0 Å². The second-order valence-electron chi connectivity index (χ2n) is 3.30. The normalized spacial score (nSPS) is 49.2. The Morgan fingerprint density at radius 1 is 1.17 bits per heavy atom. The van der Waals surface area contributed by atoms with Crippen molar-refractivity contribution >= 4 is 11.8 Å². The topological polar surface area (TPSA) is 63.9 Å². The van der Waals surface area contributed by atoms with E-state index in [2.05, 4.69) is 0 Å². The molecule has 5 heteroatoms. The van der Waals surface area contributed by atoms with Crippen molar-refractivity contribution in [2.24, 2.45) is 0 Å². The van der Waals surface area contributed by atoms with Gasteiger partial charge >= 0.3 is 0 Å². The standard InChI is InChI=1S/C7H13NO3S/c9-4-3-8-1-2-12-7(8)6(11)5(4)10/h4-7,9-11H,1-3H2/t4-,5-,6+,7+/m1/s1. The number of thioether (sulfide) groups is 1. The molecule has 0 radical (unpaired) electrons. The van der Waals surface area contributed by atoms with Crippen LogP contribution in [0.3, 0.4) is 0 Å². The van der Waals surface area contributed by atoms with E-state index in [1.54, 1.807) is 11.8 Å². The van der Waals surface area contributed by atoms with E-state index >= 15 is 0 Å². The molecule has 70 valence electrons. The summed E-state index contributed by atoms with van der Waals surface area (Å²) >= 11 is 1.64. The lowest BCUT2D eigenvalue weighted by Crippen LogP contribution is -2.58. The van der Waals surface area contributed by atoms with Crippen LogP contribution in [0.1, 0.15) is 0 Å². The van der Waals surface area contributed by atoms with Crippen LogP contribution in [0.5, 0.6) is 0 Å². The summed E-state index contributed by atoms with van der Waals surface area (Å²) in [5, 5.41) is 28.2. The lowest BCUT2D eigenvalue weighted by atomic mass is 10.0. The highest BCUT2D eigenvalue weighted by Gasteiger charge is 2.43. The predicted molar refractivity (Wildman–Crippen MR) is 45.8 cm³/mol. The summed E-state index contributed by atoms with van der Waals surface area (Å²) in [7, 11) is 0. The molecule has 0 amide bonds. The van der Waals surface area contributed by atoms with Gasteiger partial charge in [-0.25, -0.2) is 0 Å². The Morgan fingerprint density at radius 2 is 1.92 bits per heavy atom. The summed E-state index contributed by atoms with van der Waals surface area (Å²) in [4.78, 5) is 2.02. The Labute approximate surface area is 75.2 Å². The Kier molecular flexibility index (Phi) is 2.31. The summed E-state index contributed by atoms with van der Waals surface area (Å²) in [6.07, 6.45) is -2.58. The lowest BCUT2D eigenvalue weighted by Gasteiger charge is -2.39. The Hall–Kier alpha value is 0.190. The van der Waals surface area contributed by atoms with Gasteiger partial charge < -0.3 is 15.3 Å². The average molecular weight is 191 g/mol. The SMILES string of the molecule is O[C@H]1[C@H](O)[C@@H]2SCCN2C[C@H]1O. The minimum Gasteiger partial charge on any atom is -0.389 e.